The number of piperidine rings is 2. The molecule has 2 aromatic carbocycles. The lowest BCUT2D eigenvalue weighted by molar-refractivity contribution is -0.185. The summed E-state index contributed by atoms with van der Waals surface area (Å²) in [5.74, 6) is 1.27. The molecule has 0 amide bonds. The van der Waals surface area contributed by atoms with Crippen LogP contribution in [0, 0.1) is 0 Å². The number of carbonyl (C=O) groups excluding carboxylic acids is 2. The predicted octanol–water partition coefficient (Wildman–Crippen LogP) is 0.840. The average molecular weight is 629 g/mol. The third-order valence-electron chi connectivity index (χ3n) is 13.2. The summed E-state index contributed by atoms with van der Waals surface area (Å²) in [6.45, 7) is 1.43. The minimum Gasteiger partial charge on any atom is -0.481 e. The summed E-state index contributed by atoms with van der Waals surface area (Å²) < 4.78 is 12.2. The fraction of sp³-hybridized carbons (Fsp3) is 0.556. The van der Waals surface area contributed by atoms with Gasteiger partial charge in [0.1, 0.15) is 17.1 Å². The van der Waals surface area contributed by atoms with Crippen molar-refractivity contribution in [1.29, 1.82) is 0 Å². The SMILES string of the molecule is CN1CC[C@]23c4c5ccc(CO)c4O[C@H]2C(=O)C=CC3(O)[C@H]1C5.CN1CC[C@]23c4c5ccc(CO)c4O[C@H]2C(=O)CCC3(O)[C@H]1C5. The van der Waals surface area contributed by atoms with Crippen LogP contribution in [0.4, 0.5) is 0 Å². The summed E-state index contributed by atoms with van der Waals surface area (Å²) in [6.07, 6.45) is 5.64. The zero-order valence-corrected chi connectivity index (χ0v) is 26.2. The maximum Gasteiger partial charge on any atom is 0.196 e. The summed E-state index contributed by atoms with van der Waals surface area (Å²) >= 11 is 0. The molecule has 10 heteroatoms. The molecular formula is C36H40N2O8. The van der Waals surface area contributed by atoms with Crippen LogP contribution in [0.1, 0.15) is 59.1 Å². The number of carbonyl (C=O) groups is 2. The van der Waals surface area contributed by atoms with Crippen LogP contribution in [-0.2, 0) is 46.5 Å². The Morgan fingerprint density at radius 3 is 2.00 bits per heavy atom. The van der Waals surface area contributed by atoms with Gasteiger partial charge in [0.05, 0.1) is 29.6 Å². The highest BCUT2D eigenvalue weighted by molar-refractivity contribution is 5.99. The maximum absolute atomic E-state index is 12.6. The Morgan fingerprint density at radius 1 is 0.783 bits per heavy atom. The third kappa shape index (κ3) is 3.10. The van der Waals surface area contributed by atoms with Gasteiger partial charge in [0.25, 0.3) is 0 Å². The summed E-state index contributed by atoms with van der Waals surface area (Å²) in [4.78, 5) is 29.6. The van der Waals surface area contributed by atoms with E-state index in [1.54, 1.807) is 6.08 Å². The molecule has 4 aliphatic carbocycles. The molecule has 0 aromatic heterocycles. The number of likely N-dealkylation sites (tertiary alicyclic amines) is 2. The van der Waals surface area contributed by atoms with Gasteiger partial charge in [0, 0.05) is 40.8 Å². The number of rotatable bonds is 2. The molecule has 2 spiro atoms. The number of likely N-dealkylation sites (N-methyl/N-ethyl adjacent to an activating group) is 2. The van der Waals surface area contributed by atoms with Crippen LogP contribution >= 0.6 is 0 Å². The lowest BCUT2D eigenvalue weighted by Crippen LogP contribution is -2.76. The maximum atomic E-state index is 12.6. The fourth-order valence-corrected chi connectivity index (χ4v) is 11.0. The van der Waals surface area contributed by atoms with Gasteiger partial charge < -0.3 is 34.8 Å². The molecule has 1 saturated carbocycles. The standard InChI is InChI=1S/C18H21NO4.C18H19NO4/c2*1-19-7-6-17-14-10-2-3-11(9-20)15(14)23-16(17)12(21)4-5-18(17,22)13(19)8-10/h2-3,13,16,20,22H,4-9H2,1H3;2-5,13,16,20,22H,6-9H2,1H3/t2*13-,16+,17+,18?/m11/s1. The molecular weight excluding hydrogens is 588 g/mol. The highest BCUT2D eigenvalue weighted by Crippen LogP contribution is 2.64. The van der Waals surface area contributed by atoms with Crippen LogP contribution < -0.4 is 9.47 Å². The number of ether oxygens (including phenoxy) is 2. The van der Waals surface area contributed by atoms with Crippen molar-refractivity contribution in [2.75, 3.05) is 27.2 Å². The van der Waals surface area contributed by atoms with Gasteiger partial charge in [-0.1, -0.05) is 24.3 Å². The molecule has 4 aliphatic heterocycles. The van der Waals surface area contributed by atoms with Crippen molar-refractivity contribution in [3.8, 4) is 11.5 Å². The number of nitrogens with zero attached hydrogens (tertiary/aromatic N) is 2. The van der Waals surface area contributed by atoms with Crippen molar-refractivity contribution >= 4 is 11.6 Å². The van der Waals surface area contributed by atoms with E-state index in [-0.39, 0.29) is 36.9 Å². The monoisotopic (exact) mass is 628 g/mol. The second kappa shape index (κ2) is 9.27. The van der Waals surface area contributed by atoms with E-state index in [0.717, 1.165) is 60.2 Å². The van der Waals surface area contributed by atoms with Crippen LogP contribution in [0.3, 0.4) is 0 Å². The molecule has 8 aliphatic rings. The quantitative estimate of drug-likeness (QED) is 0.379. The first-order chi connectivity index (χ1) is 22.1. The van der Waals surface area contributed by atoms with Crippen LogP contribution in [0.5, 0.6) is 11.5 Å². The topological polar surface area (TPSA) is 140 Å². The largest absolute Gasteiger partial charge is 0.481 e. The lowest BCUT2D eigenvalue weighted by Gasteiger charge is -2.62. The van der Waals surface area contributed by atoms with Crippen molar-refractivity contribution in [2.45, 2.75) is 98.1 Å². The van der Waals surface area contributed by atoms with Gasteiger partial charge in [-0.25, -0.2) is 0 Å². The van der Waals surface area contributed by atoms with E-state index in [1.807, 2.05) is 31.3 Å². The number of aliphatic hydroxyl groups is 4. The molecule has 4 heterocycles. The summed E-state index contributed by atoms with van der Waals surface area (Å²) in [5, 5.41) is 42.7. The third-order valence-corrected chi connectivity index (χ3v) is 13.2. The molecule has 3 fully saturated rings. The Hall–Kier alpha value is -3.12. The van der Waals surface area contributed by atoms with Crippen LogP contribution in [0.15, 0.2) is 36.4 Å². The molecule has 4 N–H and O–H groups in total. The zero-order valence-electron chi connectivity index (χ0n) is 26.2. The Bertz CT molecular complexity index is 1740. The van der Waals surface area contributed by atoms with E-state index in [4.69, 9.17) is 9.47 Å². The molecule has 2 saturated heterocycles. The van der Waals surface area contributed by atoms with Crippen LogP contribution in [-0.4, -0.2) is 104 Å². The molecule has 242 valence electrons. The Morgan fingerprint density at radius 2 is 1.35 bits per heavy atom. The van der Waals surface area contributed by atoms with Gasteiger partial charge in [-0.05, 0) is 82.6 Å². The predicted molar refractivity (Wildman–Crippen MR) is 165 cm³/mol. The Labute approximate surface area is 267 Å². The molecule has 2 unspecified atom stereocenters. The van der Waals surface area contributed by atoms with E-state index < -0.39 is 34.2 Å². The van der Waals surface area contributed by atoms with E-state index >= 15 is 0 Å². The number of aliphatic hydroxyl groups excluding tert-OH is 2. The van der Waals surface area contributed by atoms with E-state index in [9.17, 15) is 30.0 Å². The normalized spacial score (nSPS) is 40.4. The van der Waals surface area contributed by atoms with Gasteiger partial charge in [0.15, 0.2) is 23.8 Å². The van der Waals surface area contributed by atoms with Gasteiger partial charge >= 0.3 is 0 Å². The zero-order chi connectivity index (χ0) is 32.0. The second-order valence-corrected chi connectivity index (χ2v) is 14.8. The Kier molecular flexibility index (Phi) is 5.86. The van der Waals surface area contributed by atoms with Gasteiger partial charge in [-0.3, -0.25) is 14.5 Å². The van der Waals surface area contributed by atoms with Gasteiger partial charge in [0.2, 0.25) is 0 Å². The first kappa shape index (κ1) is 29.1. The van der Waals surface area contributed by atoms with Crippen molar-refractivity contribution in [2.24, 2.45) is 0 Å². The van der Waals surface area contributed by atoms with Gasteiger partial charge in [-0.15, -0.1) is 0 Å². The van der Waals surface area contributed by atoms with E-state index in [2.05, 4.69) is 16.8 Å². The van der Waals surface area contributed by atoms with E-state index in [0.29, 0.717) is 36.3 Å². The average Bonchev–Trinajstić information content (AvgIpc) is 3.59. The van der Waals surface area contributed by atoms with Crippen molar-refractivity contribution in [3.05, 3.63) is 69.8 Å². The number of ketones is 2. The number of Topliss-reactive ketones (excluding diaryl/α,β-unsaturated/α-hetero) is 1. The molecule has 46 heavy (non-hydrogen) atoms. The molecule has 8 atom stereocenters. The summed E-state index contributed by atoms with van der Waals surface area (Å²) in [6, 6.07) is 7.79. The smallest absolute Gasteiger partial charge is 0.196 e. The fourth-order valence-electron chi connectivity index (χ4n) is 11.0. The number of hydrogen-bond acceptors (Lipinski definition) is 10. The highest BCUT2D eigenvalue weighted by Gasteiger charge is 2.73. The van der Waals surface area contributed by atoms with Crippen molar-refractivity contribution in [3.63, 3.8) is 0 Å². The van der Waals surface area contributed by atoms with E-state index in [1.165, 1.54) is 6.08 Å². The first-order valence-corrected chi connectivity index (χ1v) is 16.5. The van der Waals surface area contributed by atoms with Crippen molar-refractivity contribution < 1.29 is 39.5 Å². The minimum atomic E-state index is -1.11. The summed E-state index contributed by atoms with van der Waals surface area (Å²) in [7, 11) is 4.09. The number of hydrogen-bond donors (Lipinski definition) is 4. The van der Waals surface area contributed by atoms with Gasteiger partial charge in [-0.2, -0.15) is 0 Å². The number of benzene rings is 2. The van der Waals surface area contributed by atoms with Crippen LogP contribution in [0.2, 0.25) is 0 Å². The molecule has 10 rings (SSSR count). The first-order valence-electron chi connectivity index (χ1n) is 16.5. The Balaban J connectivity index is 0.000000127. The minimum absolute atomic E-state index is 0.0221. The molecule has 0 radical (unpaired) electrons. The van der Waals surface area contributed by atoms with Crippen molar-refractivity contribution in [1.82, 2.24) is 9.80 Å². The highest BCUT2D eigenvalue weighted by atomic mass is 16.5. The summed E-state index contributed by atoms with van der Waals surface area (Å²) in [5.41, 5.74) is 2.29. The second-order valence-electron chi connectivity index (χ2n) is 14.8. The van der Waals surface area contributed by atoms with Crippen LogP contribution in [0.25, 0.3) is 0 Å². The molecule has 10 nitrogen and oxygen atoms in total. The molecule has 2 aromatic rings. The molecule has 4 bridgehead atoms. The lowest BCUT2D eigenvalue weighted by atomic mass is 9.49.